The number of aromatic nitrogens is 3. The molecule has 4 aromatic rings. The van der Waals surface area contributed by atoms with E-state index in [2.05, 4.69) is 15.6 Å². The summed E-state index contributed by atoms with van der Waals surface area (Å²) in [5.74, 6) is 0.457. The monoisotopic (exact) mass is 521 g/mol. The van der Waals surface area contributed by atoms with Crippen LogP contribution >= 0.6 is 11.3 Å². The molecule has 37 heavy (non-hydrogen) atoms. The van der Waals surface area contributed by atoms with Gasteiger partial charge in [-0.25, -0.2) is 4.68 Å². The molecule has 1 N–H and O–H groups in total. The van der Waals surface area contributed by atoms with Crippen LogP contribution in [-0.4, -0.2) is 51.5 Å². The van der Waals surface area contributed by atoms with Crippen molar-refractivity contribution in [2.45, 2.75) is 45.4 Å². The number of thiophene rings is 1. The second kappa shape index (κ2) is 11.0. The van der Waals surface area contributed by atoms with Crippen molar-refractivity contribution in [3.05, 3.63) is 70.4 Å². The van der Waals surface area contributed by atoms with Gasteiger partial charge in [-0.2, -0.15) is 0 Å². The van der Waals surface area contributed by atoms with E-state index in [9.17, 15) is 9.59 Å². The van der Waals surface area contributed by atoms with E-state index in [4.69, 9.17) is 9.47 Å². The predicted octanol–water partition coefficient (Wildman–Crippen LogP) is 4.19. The number of carbonyl (C=O) groups excluding carboxylic acids is 2. The highest BCUT2D eigenvalue weighted by atomic mass is 32.1. The minimum atomic E-state index is -0.951. The summed E-state index contributed by atoms with van der Waals surface area (Å²) in [4.78, 5) is 30.3. The molecule has 0 spiro atoms. The summed E-state index contributed by atoms with van der Waals surface area (Å²) in [6.07, 6.45) is 0. The summed E-state index contributed by atoms with van der Waals surface area (Å²) in [6.45, 7) is 5.88. The molecule has 2 amide bonds. The minimum Gasteiger partial charge on any atom is -0.497 e. The molecule has 2 aromatic carbocycles. The van der Waals surface area contributed by atoms with Crippen LogP contribution in [0.2, 0.25) is 0 Å². The second-order valence-corrected chi connectivity index (χ2v) is 10.7. The van der Waals surface area contributed by atoms with Crippen molar-refractivity contribution in [3.8, 4) is 11.5 Å². The highest BCUT2D eigenvalue weighted by Crippen LogP contribution is 2.32. The van der Waals surface area contributed by atoms with Crippen LogP contribution < -0.4 is 14.8 Å². The van der Waals surface area contributed by atoms with Gasteiger partial charge in [0.25, 0.3) is 0 Å². The summed E-state index contributed by atoms with van der Waals surface area (Å²) in [5, 5.41) is 13.4. The fourth-order valence-corrected chi connectivity index (χ4v) is 4.75. The molecule has 0 aliphatic rings. The van der Waals surface area contributed by atoms with Crippen LogP contribution in [0.25, 0.3) is 11.0 Å². The van der Waals surface area contributed by atoms with Crippen LogP contribution in [0.5, 0.6) is 11.5 Å². The zero-order chi connectivity index (χ0) is 26.6. The van der Waals surface area contributed by atoms with Gasteiger partial charge in [0.2, 0.25) is 11.8 Å². The average molecular weight is 522 g/mol. The average Bonchev–Trinajstić information content (AvgIpc) is 3.52. The Labute approximate surface area is 220 Å². The Balaban J connectivity index is 1.80. The highest BCUT2D eigenvalue weighted by Gasteiger charge is 2.34. The molecule has 2 heterocycles. The zero-order valence-electron chi connectivity index (χ0n) is 21.6. The Kier molecular flexibility index (Phi) is 7.77. The molecule has 0 aliphatic carbocycles. The molecule has 2 aromatic heterocycles. The SMILES string of the molecule is COc1cc(OC)cc(C(C(=O)NC(C)(C)C)N(Cc2cccs2)C(=O)Cn2nnc3ccccc32)c1. The van der Waals surface area contributed by atoms with E-state index < -0.39 is 11.6 Å². The summed E-state index contributed by atoms with van der Waals surface area (Å²) in [7, 11) is 3.10. The molecule has 0 fully saturated rings. The normalized spacial score (nSPS) is 12.2. The molecule has 1 unspecified atom stereocenters. The minimum absolute atomic E-state index is 0.0771. The maximum atomic E-state index is 14.0. The largest absolute Gasteiger partial charge is 0.497 e. The van der Waals surface area contributed by atoms with E-state index in [0.29, 0.717) is 22.6 Å². The maximum absolute atomic E-state index is 14.0. The Morgan fingerprint density at radius 3 is 2.38 bits per heavy atom. The molecular formula is C27H31N5O4S. The van der Waals surface area contributed by atoms with Crippen LogP contribution in [0.15, 0.2) is 60.0 Å². The van der Waals surface area contributed by atoms with Crippen LogP contribution in [0.3, 0.4) is 0 Å². The number of benzene rings is 2. The van der Waals surface area contributed by atoms with E-state index >= 15 is 0 Å². The van der Waals surface area contributed by atoms with Gasteiger partial charge in [-0.1, -0.05) is 23.4 Å². The number of methoxy groups -OCH3 is 2. The molecular weight excluding hydrogens is 490 g/mol. The lowest BCUT2D eigenvalue weighted by Crippen LogP contribution is -2.49. The fourth-order valence-electron chi connectivity index (χ4n) is 4.05. The first-order valence-electron chi connectivity index (χ1n) is 11.8. The van der Waals surface area contributed by atoms with Gasteiger partial charge in [0.1, 0.15) is 29.6 Å². The summed E-state index contributed by atoms with van der Waals surface area (Å²) < 4.78 is 12.5. The van der Waals surface area contributed by atoms with Gasteiger partial charge in [0.15, 0.2) is 0 Å². The second-order valence-electron chi connectivity index (χ2n) is 9.62. The molecule has 10 heteroatoms. The number of rotatable bonds is 9. The number of para-hydroxylation sites is 1. The number of fused-ring (bicyclic) bond motifs is 1. The molecule has 0 saturated carbocycles. The third-order valence-corrected chi connectivity index (χ3v) is 6.54. The van der Waals surface area contributed by atoms with E-state index in [0.717, 1.165) is 10.4 Å². The molecule has 194 valence electrons. The van der Waals surface area contributed by atoms with Gasteiger partial charge < -0.3 is 19.7 Å². The van der Waals surface area contributed by atoms with Crippen molar-refractivity contribution in [3.63, 3.8) is 0 Å². The number of nitrogens with one attached hydrogen (secondary N) is 1. The number of hydrogen-bond acceptors (Lipinski definition) is 7. The van der Waals surface area contributed by atoms with E-state index in [1.165, 1.54) is 11.3 Å². The van der Waals surface area contributed by atoms with E-state index in [-0.39, 0.29) is 24.9 Å². The number of amides is 2. The highest BCUT2D eigenvalue weighted by molar-refractivity contribution is 7.09. The first-order valence-corrected chi connectivity index (χ1v) is 12.7. The predicted molar refractivity (Wildman–Crippen MR) is 143 cm³/mol. The van der Waals surface area contributed by atoms with Crippen molar-refractivity contribution < 1.29 is 19.1 Å². The summed E-state index contributed by atoms with van der Waals surface area (Å²) in [6, 6.07) is 15.6. The van der Waals surface area contributed by atoms with E-state index in [1.54, 1.807) is 42.0 Å². The third-order valence-electron chi connectivity index (χ3n) is 5.68. The fraction of sp³-hybridized carbons (Fsp3) is 0.333. The molecule has 0 bridgehead atoms. The van der Waals surface area contributed by atoms with Crippen molar-refractivity contribution in [2.24, 2.45) is 0 Å². The van der Waals surface area contributed by atoms with E-state index in [1.807, 2.05) is 62.5 Å². The molecule has 0 radical (unpaired) electrons. The lowest BCUT2D eigenvalue weighted by molar-refractivity contribution is -0.142. The zero-order valence-corrected chi connectivity index (χ0v) is 22.4. The van der Waals surface area contributed by atoms with Gasteiger partial charge in [-0.05, 0) is 62.0 Å². The molecule has 9 nitrogen and oxygen atoms in total. The topological polar surface area (TPSA) is 98.6 Å². The molecule has 4 rings (SSSR count). The van der Waals surface area contributed by atoms with Crippen molar-refractivity contribution in [2.75, 3.05) is 14.2 Å². The van der Waals surface area contributed by atoms with Crippen LogP contribution in [-0.2, 0) is 22.7 Å². The Hall–Kier alpha value is -3.92. The Bertz CT molecular complexity index is 1350. The van der Waals surface area contributed by atoms with Gasteiger partial charge in [0.05, 0.1) is 26.3 Å². The van der Waals surface area contributed by atoms with Crippen LogP contribution in [0.4, 0.5) is 0 Å². The molecule has 0 saturated heterocycles. The lowest BCUT2D eigenvalue weighted by atomic mass is 10.0. The summed E-state index contributed by atoms with van der Waals surface area (Å²) in [5.41, 5.74) is 1.49. The number of hydrogen-bond donors (Lipinski definition) is 1. The van der Waals surface area contributed by atoms with Crippen LogP contribution in [0, 0.1) is 0 Å². The standard InChI is InChI=1S/C27H31N5O4S/c1-27(2,3)28-26(34)25(18-13-19(35-4)15-20(14-18)36-5)31(16-21-9-8-12-37-21)24(33)17-32-23-11-7-6-10-22(23)29-30-32/h6-15,25H,16-17H2,1-5H3,(H,28,34). The van der Waals surface area contributed by atoms with Gasteiger partial charge in [0, 0.05) is 16.5 Å². The van der Waals surface area contributed by atoms with Crippen LogP contribution in [0.1, 0.15) is 37.3 Å². The summed E-state index contributed by atoms with van der Waals surface area (Å²) >= 11 is 1.52. The first kappa shape index (κ1) is 26.2. The first-order chi connectivity index (χ1) is 17.7. The van der Waals surface area contributed by atoms with Crippen molar-refractivity contribution in [1.29, 1.82) is 0 Å². The third kappa shape index (κ3) is 6.26. The maximum Gasteiger partial charge on any atom is 0.247 e. The number of nitrogens with zero attached hydrogens (tertiary/aromatic N) is 4. The lowest BCUT2D eigenvalue weighted by Gasteiger charge is -2.34. The molecule has 0 aliphatic heterocycles. The van der Waals surface area contributed by atoms with Crippen molar-refractivity contribution in [1.82, 2.24) is 25.2 Å². The van der Waals surface area contributed by atoms with Gasteiger partial charge in [-0.3, -0.25) is 9.59 Å². The Morgan fingerprint density at radius 1 is 1.05 bits per heavy atom. The number of ether oxygens (including phenoxy) is 2. The smallest absolute Gasteiger partial charge is 0.247 e. The van der Waals surface area contributed by atoms with Gasteiger partial charge >= 0.3 is 0 Å². The number of carbonyl (C=O) groups is 2. The van der Waals surface area contributed by atoms with Gasteiger partial charge in [-0.15, -0.1) is 16.4 Å². The molecule has 1 atom stereocenters. The quantitative estimate of drug-likeness (QED) is 0.355. The Morgan fingerprint density at radius 2 is 1.76 bits per heavy atom. The van der Waals surface area contributed by atoms with Crippen molar-refractivity contribution >= 4 is 34.2 Å².